The summed E-state index contributed by atoms with van der Waals surface area (Å²) in [5.41, 5.74) is 0.551. The third-order valence-corrected chi connectivity index (χ3v) is 3.07. The van der Waals surface area contributed by atoms with Crippen molar-refractivity contribution >= 4 is 6.29 Å². The fraction of sp³-hybridized carbons (Fsp3) is 0.278. The fourth-order valence-electron chi connectivity index (χ4n) is 1.97. The molecule has 122 valence electrons. The Balaban J connectivity index is 1.86. The first-order valence-corrected chi connectivity index (χ1v) is 7.38. The van der Waals surface area contributed by atoms with Gasteiger partial charge in [0.15, 0.2) is 11.5 Å². The Kier molecular flexibility index (Phi) is 6.29. The molecule has 0 aromatic heterocycles. The fourth-order valence-corrected chi connectivity index (χ4v) is 1.97. The van der Waals surface area contributed by atoms with Gasteiger partial charge in [0.25, 0.3) is 0 Å². The summed E-state index contributed by atoms with van der Waals surface area (Å²) in [6.07, 6.45) is 0.777. The molecule has 2 aromatic rings. The Bertz CT molecular complexity index is 622. The Hall–Kier alpha value is -2.69. The van der Waals surface area contributed by atoms with Gasteiger partial charge in [0, 0.05) is 5.56 Å². The molecule has 0 saturated carbocycles. The van der Waals surface area contributed by atoms with Gasteiger partial charge in [-0.3, -0.25) is 4.79 Å². The zero-order chi connectivity index (χ0) is 16.5. The molecule has 0 aliphatic heterocycles. The van der Waals surface area contributed by atoms with E-state index in [-0.39, 0.29) is 0 Å². The molecule has 5 nitrogen and oxygen atoms in total. The SMILES string of the molecule is CCOc1cc(C=O)ccc1OCCOc1ccc(OC)cc1. The van der Waals surface area contributed by atoms with Gasteiger partial charge >= 0.3 is 0 Å². The van der Waals surface area contributed by atoms with Gasteiger partial charge in [-0.2, -0.15) is 0 Å². The molecule has 0 radical (unpaired) electrons. The maximum absolute atomic E-state index is 10.8. The van der Waals surface area contributed by atoms with Crippen molar-refractivity contribution in [1.82, 2.24) is 0 Å². The van der Waals surface area contributed by atoms with Crippen LogP contribution in [0.2, 0.25) is 0 Å². The standard InChI is InChI=1S/C18H20O5/c1-3-21-18-12-14(13-19)4-9-17(18)23-11-10-22-16-7-5-15(20-2)6-8-16/h4-9,12-13H,3,10-11H2,1-2H3. The average Bonchev–Trinajstić information content (AvgIpc) is 2.60. The van der Waals surface area contributed by atoms with E-state index in [0.29, 0.717) is 36.9 Å². The number of benzene rings is 2. The molecule has 0 spiro atoms. The number of carbonyl (C=O) groups excluding carboxylic acids is 1. The van der Waals surface area contributed by atoms with E-state index in [0.717, 1.165) is 17.8 Å². The normalized spacial score (nSPS) is 10.0. The number of carbonyl (C=O) groups is 1. The van der Waals surface area contributed by atoms with Crippen molar-refractivity contribution in [1.29, 1.82) is 0 Å². The summed E-state index contributed by atoms with van der Waals surface area (Å²) in [7, 11) is 1.62. The summed E-state index contributed by atoms with van der Waals surface area (Å²) in [4.78, 5) is 10.8. The average molecular weight is 316 g/mol. The first-order valence-electron chi connectivity index (χ1n) is 7.38. The molecule has 2 rings (SSSR count). The summed E-state index contributed by atoms with van der Waals surface area (Å²) in [6, 6.07) is 12.4. The third kappa shape index (κ3) is 4.92. The number of aldehydes is 1. The van der Waals surface area contributed by atoms with Crippen LogP contribution in [0, 0.1) is 0 Å². The van der Waals surface area contributed by atoms with Gasteiger partial charge in [0.1, 0.15) is 31.0 Å². The van der Waals surface area contributed by atoms with Crippen molar-refractivity contribution in [2.45, 2.75) is 6.92 Å². The first-order chi connectivity index (χ1) is 11.3. The van der Waals surface area contributed by atoms with E-state index in [4.69, 9.17) is 18.9 Å². The van der Waals surface area contributed by atoms with E-state index in [2.05, 4.69) is 0 Å². The maximum atomic E-state index is 10.8. The minimum atomic E-state index is 0.368. The molecular formula is C18H20O5. The molecule has 0 amide bonds. The molecule has 0 saturated heterocycles. The predicted molar refractivity (Wildman–Crippen MR) is 87.0 cm³/mol. The Morgan fingerprint density at radius 2 is 1.57 bits per heavy atom. The smallest absolute Gasteiger partial charge is 0.161 e. The van der Waals surface area contributed by atoms with Crippen LogP contribution in [0.5, 0.6) is 23.0 Å². The van der Waals surface area contributed by atoms with E-state index in [1.165, 1.54) is 0 Å². The van der Waals surface area contributed by atoms with E-state index >= 15 is 0 Å². The Morgan fingerprint density at radius 3 is 2.22 bits per heavy atom. The van der Waals surface area contributed by atoms with Crippen LogP contribution in [0.1, 0.15) is 17.3 Å². The minimum Gasteiger partial charge on any atom is -0.497 e. The number of ether oxygens (including phenoxy) is 4. The van der Waals surface area contributed by atoms with Crippen LogP contribution in [-0.4, -0.2) is 33.2 Å². The molecule has 0 bridgehead atoms. The summed E-state index contributed by atoms with van der Waals surface area (Å²) in [5, 5.41) is 0. The maximum Gasteiger partial charge on any atom is 0.161 e. The molecule has 0 atom stereocenters. The second kappa shape index (κ2) is 8.68. The zero-order valence-corrected chi connectivity index (χ0v) is 13.3. The highest BCUT2D eigenvalue weighted by Gasteiger charge is 2.06. The topological polar surface area (TPSA) is 54.0 Å². The van der Waals surface area contributed by atoms with Gasteiger partial charge in [-0.25, -0.2) is 0 Å². The quantitative estimate of drug-likeness (QED) is 0.524. The highest BCUT2D eigenvalue weighted by molar-refractivity contribution is 5.76. The van der Waals surface area contributed by atoms with Crippen LogP contribution < -0.4 is 18.9 Å². The lowest BCUT2D eigenvalue weighted by Gasteiger charge is -2.13. The lowest BCUT2D eigenvalue weighted by atomic mass is 10.2. The van der Waals surface area contributed by atoms with Crippen molar-refractivity contribution in [2.75, 3.05) is 26.9 Å². The van der Waals surface area contributed by atoms with E-state index < -0.39 is 0 Å². The largest absolute Gasteiger partial charge is 0.497 e. The van der Waals surface area contributed by atoms with Crippen LogP contribution >= 0.6 is 0 Å². The molecular weight excluding hydrogens is 296 g/mol. The van der Waals surface area contributed by atoms with Crippen molar-refractivity contribution in [3.8, 4) is 23.0 Å². The monoisotopic (exact) mass is 316 g/mol. The van der Waals surface area contributed by atoms with Crippen LogP contribution in [0.3, 0.4) is 0 Å². The molecule has 2 aromatic carbocycles. The Morgan fingerprint density at radius 1 is 0.870 bits per heavy atom. The first kappa shape index (κ1) is 16.7. The number of hydrogen-bond donors (Lipinski definition) is 0. The van der Waals surface area contributed by atoms with Gasteiger partial charge < -0.3 is 18.9 Å². The molecule has 0 aliphatic carbocycles. The van der Waals surface area contributed by atoms with E-state index in [1.807, 2.05) is 31.2 Å². The van der Waals surface area contributed by atoms with Crippen molar-refractivity contribution in [3.63, 3.8) is 0 Å². The number of hydrogen-bond acceptors (Lipinski definition) is 5. The van der Waals surface area contributed by atoms with Crippen molar-refractivity contribution < 1.29 is 23.7 Å². The lowest BCUT2D eigenvalue weighted by molar-refractivity contribution is 0.112. The second-order valence-electron chi connectivity index (χ2n) is 4.63. The van der Waals surface area contributed by atoms with Crippen LogP contribution in [0.15, 0.2) is 42.5 Å². The molecule has 0 fully saturated rings. The zero-order valence-electron chi connectivity index (χ0n) is 13.3. The third-order valence-electron chi connectivity index (χ3n) is 3.07. The summed E-state index contributed by atoms with van der Waals surface area (Å²) in [5.74, 6) is 2.68. The molecule has 23 heavy (non-hydrogen) atoms. The number of rotatable bonds is 9. The van der Waals surface area contributed by atoms with Gasteiger partial charge in [-0.05, 0) is 49.4 Å². The van der Waals surface area contributed by atoms with Crippen molar-refractivity contribution in [2.24, 2.45) is 0 Å². The summed E-state index contributed by atoms with van der Waals surface area (Å²) < 4.78 is 21.8. The summed E-state index contributed by atoms with van der Waals surface area (Å²) in [6.45, 7) is 3.14. The van der Waals surface area contributed by atoms with Crippen molar-refractivity contribution in [3.05, 3.63) is 48.0 Å². The molecule has 5 heteroatoms. The van der Waals surface area contributed by atoms with Gasteiger partial charge in [-0.15, -0.1) is 0 Å². The van der Waals surface area contributed by atoms with Gasteiger partial charge in [0.05, 0.1) is 13.7 Å². The minimum absolute atomic E-state index is 0.368. The Labute approximate surface area is 135 Å². The molecule has 0 aliphatic rings. The van der Waals surface area contributed by atoms with Crippen LogP contribution in [-0.2, 0) is 0 Å². The molecule has 0 N–H and O–H groups in total. The lowest BCUT2D eigenvalue weighted by Crippen LogP contribution is -2.10. The summed E-state index contributed by atoms with van der Waals surface area (Å²) >= 11 is 0. The highest BCUT2D eigenvalue weighted by Crippen LogP contribution is 2.28. The van der Waals surface area contributed by atoms with Gasteiger partial charge in [0.2, 0.25) is 0 Å². The van der Waals surface area contributed by atoms with Crippen LogP contribution in [0.25, 0.3) is 0 Å². The van der Waals surface area contributed by atoms with Gasteiger partial charge in [-0.1, -0.05) is 0 Å². The van der Waals surface area contributed by atoms with E-state index in [9.17, 15) is 4.79 Å². The second-order valence-corrected chi connectivity index (χ2v) is 4.63. The van der Waals surface area contributed by atoms with E-state index in [1.54, 1.807) is 25.3 Å². The predicted octanol–water partition coefficient (Wildman–Crippen LogP) is 3.36. The molecule has 0 heterocycles. The van der Waals surface area contributed by atoms with Crippen LogP contribution in [0.4, 0.5) is 0 Å². The highest BCUT2D eigenvalue weighted by atomic mass is 16.5. The molecule has 0 unspecified atom stereocenters. The number of methoxy groups -OCH3 is 1.